The number of nitrogens with one attached hydrogen (secondary N) is 1. The van der Waals surface area contributed by atoms with Gasteiger partial charge in [0.25, 0.3) is 0 Å². The number of aromatic nitrogens is 2. The number of aryl methyl sites for hydroxylation is 1. The van der Waals surface area contributed by atoms with Crippen LogP contribution >= 0.6 is 0 Å². The minimum atomic E-state index is 1.06. The molecule has 26 heavy (non-hydrogen) atoms. The highest BCUT2D eigenvalue weighted by Gasteiger charge is 2.15. The normalized spacial score (nSPS) is 11.3. The van der Waals surface area contributed by atoms with Crippen LogP contribution in [0.5, 0.6) is 0 Å². The molecule has 2 heterocycles. The molecule has 5 aromatic rings. The lowest BCUT2D eigenvalue weighted by Crippen LogP contribution is -1.88. The van der Waals surface area contributed by atoms with Gasteiger partial charge in [0.1, 0.15) is 0 Å². The number of hydrogen-bond donors (Lipinski definition) is 1. The molecule has 0 radical (unpaired) electrons. The summed E-state index contributed by atoms with van der Waals surface area (Å²) in [7, 11) is 0. The van der Waals surface area contributed by atoms with E-state index in [0.717, 1.165) is 5.52 Å². The topological polar surface area (TPSA) is 28.7 Å². The Hall–Kier alpha value is -3.39. The summed E-state index contributed by atoms with van der Waals surface area (Å²) in [6.07, 6.45) is 5.84. The van der Waals surface area contributed by atoms with Gasteiger partial charge in [0, 0.05) is 23.3 Å². The van der Waals surface area contributed by atoms with Crippen molar-refractivity contribution < 1.29 is 0 Å². The Labute approximate surface area is 152 Å². The fourth-order valence-electron chi connectivity index (χ4n) is 3.71. The second-order valence-corrected chi connectivity index (χ2v) is 6.70. The van der Waals surface area contributed by atoms with E-state index in [9.17, 15) is 0 Å². The fraction of sp³-hybridized carbons (Fsp3) is 0.0417. The second-order valence-electron chi connectivity index (χ2n) is 6.70. The number of pyridine rings is 1. The standard InChI is InChI=1S/C24H18N2/c1-16-6-8-18(9-7-16)20-11-10-17-4-2-3-5-19(17)24(20)22-14-26-23-15-25-13-12-21(22)23/h2-15,26H,1H3. The van der Waals surface area contributed by atoms with E-state index in [1.165, 1.54) is 44.0 Å². The molecule has 0 bridgehead atoms. The van der Waals surface area contributed by atoms with Crippen LogP contribution in [0.25, 0.3) is 43.9 Å². The van der Waals surface area contributed by atoms with E-state index >= 15 is 0 Å². The first-order valence-corrected chi connectivity index (χ1v) is 8.81. The van der Waals surface area contributed by atoms with Gasteiger partial charge in [-0.3, -0.25) is 4.98 Å². The number of hydrogen-bond acceptors (Lipinski definition) is 1. The van der Waals surface area contributed by atoms with Gasteiger partial charge in [-0.2, -0.15) is 0 Å². The molecular formula is C24H18N2. The molecule has 2 heteroatoms. The van der Waals surface area contributed by atoms with Crippen LogP contribution in [0.1, 0.15) is 5.56 Å². The molecule has 2 nitrogen and oxygen atoms in total. The molecule has 0 aliphatic rings. The van der Waals surface area contributed by atoms with Crippen molar-refractivity contribution >= 4 is 21.7 Å². The van der Waals surface area contributed by atoms with E-state index in [2.05, 4.69) is 89.8 Å². The maximum absolute atomic E-state index is 4.24. The Morgan fingerprint density at radius 2 is 1.62 bits per heavy atom. The summed E-state index contributed by atoms with van der Waals surface area (Å²) < 4.78 is 0. The van der Waals surface area contributed by atoms with Gasteiger partial charge in [-0.05, 0) is 40.5 Å². The van der Waals surface area contributed by atoms with Gasteiger partial charge in [-0.1, -0.05) is 66.2 Å². The third kappa shape index (κ3) is 2.31. The molecule has 0 saturated carbocycles. The van der Waals surface area contributed by atoms with Crippen LogP contribution in [0, 0.1) is 6.92 Å². The van der Waals surface area contributed by atoms with Crippen LogP contribution in [0.4, 0.5) is 0 Å². The van der Waals surface area contributed by atoms with Crippen molar-refractivity contribution in [2.24, 2.45) is 0 Å². The van der Waals surface area contributed by atoms with E-state index in [1.54, 1.807) is 0 Å². The molecule has 0 amide bonds. The minimum absolute atomic E-state index is 1.06. The number of fused-ring (bicyclic) bond motifs is 2. The van der Waals surface area contributed by atoms with E-state index in [-0.39, 0.29) is 0 Å². The van der Waals surface area contributed by atoms with Crippen molar-refractivity contribution in [2.75, 3.05) is 0 Å². The smallest absolute Gasteiger partial charge is 0.0646 e. The number of benzene rings is 3. The number of H-pyrrole nitrogens is 1. The Bertz CT molecular complexity index is 1230. The summed E-state index contributed by atoms with van der Waals surface area (Å²) in [5.41, 5.74) is 7.31. The predicted molar refractivity (Wildman–Crippen MR) is 109 cm³/mol. The van der Waals surface area contributed by atoms with Gasteiger partial charge in [0.05, 0.1) is 11.7 Å². The molecular weight excluding hydrogens is 316 g/mol. The van der Waals surface area contributed by atoms with Crippen LogP contribution in [0.15, 0.2) is 85.3 Å². The Kier molecular flexibility index (Phi) is 3.36. The second kappa shape index (κ2) is 5.85. The van der Waals surface area contributed by atoms with Crippen LogP contribution in [-0.4, -0.2) is 9.97 Å². The molecule has 0 atom stereocenters. The van der Waals surface area contributed by atoms with Crippen molar-refractivity contribution in [2.45, 2.75) is 6.92 Å². The highest BCUT2D eigenvalue weighted by Crippen LogP contribution is 2.40. The monoisotopic (exact) mass is 334 g/mol. The van der Waals surface area contributed by atoms with Gasteiger partial charge in [0.15, 0.2) is 0 Å². The summed E-state index contributed by atoms with van der Waals surface area (Å²) in [6.45, 7) is 2.12. The number of rotatable bonds is 2. The van der Waals surface area contributed by atoms with Crippen molar-refractivity contribution in [3.05, 3.63) is 90.9 Å². The van der Waals surface area contributed by atoms with Crippen LogP contribution in [0.3, 0.4) is 0 Å². The zero-order chi connectivity index (χ0) is 17.5. The van der Waals surface area contributed by atoms with Crippen LogP contribution in [-0.2, 0) is 0 Å². The quantitative estimate of drug-likeness (QED) is 0.400. The molecule has 0 saturated heterocycles. The summed E-state index contributed by atoms with van der Waals surface area (Å²) in [6, 6.07) is 23.9. The third-order valence-electron chi connectivity index (χ3n) is 5.04. The molecule has 0 fully saturated rings. The predicted octanol–water partition coefficient (Wildman–Crippen LogP) is 6.36. The number of nitrogens with zero attached hydrogens (tertiary/aromatic N) is 1. The summed E-state index contributed by atoms with van der Waals surface area (Å²) in [4.78, 5) is 7.62. The fourth-order valence-corrected chi connectivity index (χ4v) is 3.71. The zero-order valence-electron chi connectivity index (χ0n) is 14.5. The molecule has 2 aromatic heterocycles. The maximum Gasteiger partial charge on any atom is 0.0646 e. The maximum atomic E-state index is 4.24. The van der Waals surface area contributed by atoms with Gasteiger partial charge in [-0.25, -0.2) is 0 Å². The lowest BCUT2D eigenvalue weighted by Gasteiger charge is -2.14. The van der Waals surface area contributed by atoms with E-state index < -0.39 is 0 Å². The SMILES string of the molecule is Cc1ccc(-c2ccc3ccccc3c2-c2c[nH]c3cnccc23)cc1. The highest BCUT2D eigenvalue weighted by molar-refractivity contribution is 6.10. The van der Waals surface area contributed by atoms with Crippen LogP contribution < -0.4 is 0 Å². The Morgan fingerprint density at radius 3 is 2.50 bits per heavy atom. The molecule has 124 valence electrons. The van der Waals surface area contributed by atoms with Crippen molar-refractivity contribution in [1.82, 2.24) is 9.97 Å². The summed E-state index contributed by atoms with van der Waals surface area (Å²) in [5.74, 6) is 0. The largest absolute Gasteiger partial charge is 0.359 e. The lowest BCUT2D eigenvalue weighted by molar-refractivity contribution is 1.34. The van der Waals surface area contributed by atoms with Gasteiger partial charge >= 0.3 is 0 Å². The third-order valence-corrected chi connectivity index (χ3v) is 5.04. The first kappa shape index (κ1) is 14.9. The molecule has 1 N–H and O–H groups in total. The molecule has 0 aliphatic heterocycles. The molecule has 3 aromatic carbocycles. The Morgan fingerprint density at radius 1 is 0.769 bits per heavy atom. The van der Waals surface area contributed by atoms with E-state index in [1.807, 2.05) is 12.4 Å². The van der Waals surface area contributed by atoms with Gasteiger partial charge in [-0.15, -0.1) is 0 Å². The Balaban J connectivity index is 1.89. The first-order chi connectivity index (χ1) is 12.8. The average molecular weight is 334 g/mol. The zero-order valence-corrected chi connectivity index (χ0v) is 14.5. The van der Waals surface area contributed by atoms with Crippen molar-refractivity contribution in [1.29, 1.82) is 0 Å². The summed E-state index contributed by atoms with van der Waals surface area (Å²) in [5, 5.41) is 3.72. The lowest BCUT2D eigenvalue weighted by atomic mass is 9.89. The van der Waals surface area contributed by atoms with Gasteiger partial charge < -0.3 is 4.98 Å². The molecule has 5 rings (SSSR count). The van der Waals surface area contributed by atoms with Crippen molar-refractivity contribution in [3.63, 3.8) is 0 Å². The number of aromatic amines is 1. The molecule has 0 spiro atoms. The van der Waals surface area contributed by atoms with Gasteiger partial charge in [0.2, 0.25) is 0 Å². The van der Waals surface area contributed by atoms with E-state index in [4.69, 9.17) is 0 Å². The van der Waals surface area contributed by atoms with Crippen molar-refractivity contribution in [3.8, 4) is 22.3 Å². The summed E-state index contributed by atoms with van der Waals surface area (Å²) >= 11 is 0. The first-order valence-electron chi connectivity index (χ1n) is 8.81. The highest BCUT2D eigenvalue weighted by atomic mass is 14.7. The minimum Gasteiger partial charge on any atom is -0.359 e. The van der Waals surface area contributed by atoms with E-state index in [0.29, 0.717) is 0 Å². The van der Waals surface area contributed by atoms with Crippen LogP contribution in [0.2, 0.25) is 0 Å². The molecule has 0 aliphatic carbocycles. The molecule has 0 unspecified atom stereocenters. The average Bonchev–Trinajstić information content (AvgIpc) is 3.11.